The molecule has 18 heavy (non-hydrogen) atoms. The summed E-state index contributed by atoms with van der Waals surface area (Å²) in [5.41, 5.74) is 0.745. The van der Waals surface area contributed by atoms with Crippen molar-refractivity contribution in [2.75, 3.05) is 0 Å². The first-order chi connectivity index (χ1) is 8.49. The summed E-state index contributed by atoms with van der Waals surface area (Å²) in [6.45, 7) is 6.15. The molecule has 1 heterocycles. The van der Waals surface area contributed by atoms with E-state index < -0.39 is 0 Å². The minimum Gasteiger partial charge on any atom is -0.364 e. The van der Waals surface area contributed by atoms with Crippen molar-refractivity contribution in [1.82, 2.24) is 10.3 Å². The van der Waals surface area contributed by atoms with Crippen LogP contribution in [0.5, 0.6) is 0 Å². The normalized spacial score (nSPS) is 27.2. The second kappa shape index (κ2) is 4.96. The fourth-order valence-electron chi connectivity index (χ4n) is 2.57. The Balaban J connectivity index is 2.11. The van der Waals surface area contributed by atoms with E-state index in [1.165, 1.54) is 12.3 Å². The van der Waals surface area contributed by atoms with E-state index in [1.807, 2.05) is 0 Å². The summed E-state index contributed by atoms with van der Waals surface area (Å²) in [6, 6.07) is 1.64. The number of aromatic amines is 1. The minimum absolute atomic E-state index is 0.188. The zero-order chi connectivity index (χ0) is 13.3. The van der Waals surface area contributed by atoms with E-state index in [0.717, 1.165) is 18.5 Å². The molecule has 1 aliphatic rings. The fourth-order valence-corrected chi connectivity index (χ4v) is 2.57. The van der Waals surface area contributed by atoms with Gasteiger partial charge in [0.05, 0.1) is 0 Å². The van der Waals surface area contributed by atoms with Gasteiger partial charge in [-0.3, -0.25) is 9.59 Å². The predicted molar refractivity (Wildman–Crippen MR) is 70.6 cm³/mol. The molecular weight excluding hydrogens is 228 g/mol. The summed E-state index contributed by atoms with van der Waals surface area (Å²) in [5, 5.41) is 2.98. The van der Waals surface area contributed by atoms with Crippen LogP contribution >= 0.6 is 0 Å². The highest BCUT2D eigenvalue weighted by molar-refractivity contribution is 5.94. The van der Waals surface area contributed by atoms with Crippen LogP contribution in [-0.4, -0.2) is 16.9 Å². The minimum atomic E-state index is -0.262. The van der Waals surface area contributed by atoms with Gasteiger partial charge < -0.3 is 10.3 Å². The van der Waals surface area contributed by atoms with Gasteiger partial charge in [-0.05, 0) is 31.6 Å². The molecule has 1 amide bonds. The van der Waals surface area contributed by atoms with Gasteiger partial charge in [0.15, 0.2) is 5.43 Å². The maximum absolute atomic E-state index is 12.1. The third kappa shape index (κ3) is 2.47. The SMILES string of the molecule is Cc1cc(=O)c(C(=O)NC2CCC(C)C2C)c[nH]1. The van der Waals surface area contributed by atoms with Gasteiger partial charge in [0.1, 0.15) is 5.56 Å². The van der Waals surface area contributed by atoms with Crippen molar-refractivity contribution in [3.8, 4) is 0 Å². The second-order valence-corrected chi connectivity index (χ2v) is 5.39. The Labute approximate surface area is 107 Å². The largest absolute Gasteiger partial charge is 0.364 e. The monoisotopic (exact) mass is 248 g/mol. The molecule has 1 fully saturated rings. The topological polar surface area (TPSA) is 62.0 Å². The lowest BCUT2D eigenvalue weighted by Gasteiger charge is -2.19. The molecule has 98 valence electrons. The van der Waals surface area contributed by atoms with Crippen LogP contribution in [0.15, 0.2) is 17.1 Å². The summed E-state index contributed by atoms with van der Waals surface area (Å²) in [5.74, 6) is 0.840. The van der Waals surface area contributed by atoms with Gasteiger partial charge in [-0.15, -0.1) is 0 Å². The van der Waals surface area contributed by atoms with Crippen LogP contribution in [0.2, 0.25) is 0 Å². The Morgan fingerprint density at radius 2 is 2.11 bits per heavy atom. The number of hydrogen-bond donors (Lipinski definition) is 2. The predicted octanol–water partition coefficient (Wildman–Crippen LogP) is 1.85. The van der Waals surface area contributed by atoms with Crippen LogP contribution in [0.1, 0.15) is 42.7 Å². The van der Waals surface area contributed by atoms with Gasteiger partial charge in [-0.1, -0.05) is 13.8 Å². The number of aryl methyl sites for hydroxylation is 1. The van der Waals surface area contributed by atoms with E-state index in [4.69, 9.17) is 0 Å². The van der Waals surface area contributed by atoms with Crippen LogP contribution in [0, 0.1) is 18.8 Å². The van der Waals surface area contributed by atoms with E-state index >= 15 is 0 Å². The zero-order valence-electron chi connectivity index (χ0n) is 11.1. The van der Waals surface area contributed by atoms with Crippen molar-refractivity contribution in [1.29, 1.82) is 0 Å². The van der Waals surface area contributed by atoms with Crippen molar-refractivity contribution in [3.05, 3.63) is 33.7 Å². The molecular formula is C14H20N2O2. The summed E-state index contributed by atoms with van der Waals surface area (Å²) in [6.07, 6.45) is 3.63. The standard InChI is InChI=1S/C14H20N2O2/c1-8-4-5-12(10(8)3)16-14(18)11-7-15-9(2)6-13(11)17/h6-8,10,12H,4-5H2,1-3H3,(H,15,17)(H,16,18). The second-order valence-electron chi connectivity index (χ2n) is 5.39. The average molecular weight is 248 g/mol. The molecule has 0 radical (unpaired) electrons. The Bertz CT molecular complexity index is 507. The number of amides is 1. The van der Waals surface area contributed by atoms with Gasteiger partial charge >= 0.3 is 0 Å². The first-order valence-electron chi connectivity index (χ1n) is 6.49. The van der Waals surface area contributed by atoms with Crippen molar-refractivity contribution >= 4 is 5.91 Å². The van der Waals surface area contributed by atoms with Crippen LogP contribution in [0.25, 0.3) is 0 Å². The van der Waals surface area contributed by atoms with Gasteiger partial charge in [0.25, 0.3) is 5.91 Å². The number of nitrogens with one attached hydrogen (secondary N) is 2. The first kappa shape index (κ1) is 12.9. The number of carbonyl (C=O) groups excluding carboxylic acids is 1. The number of aromatic nitrogens is 1. The number of rotatable bonds is 2. The molecule has 3 unspecified atom stereocenters. The fraction of sp³-hybridized carbons (Fsp3) is 0.571. The van der Waals surface area contributed by atoms with Gasteiger partial charge in [0.2, 0.25) is 0 Å². The molecule has 1 aromatic heterocycles. The summed E-state index contributed by atoms with van der Waals surface area (Å²) in [4.78, 5) is 26.7. The highest BCUT2D eigenvalue weighted by atomic mass is 16.2. The van der Waals surface area contributed by atoms with Gasteiger partial charge in [-0.2, -0.15) is 0 Å². The van der Waals surface area contributed by atoms with Crippen molar-refractivity contribution in [3.63, 3.8) is 0 Å². The molecule has 2 rings (SSSR count). The highest BCUT2D eigenvalue weighted by Gasteiger charge is 2.31. The van der Waals surface area contributed by atoms with Crippen molar-refractivity contribution < 1.29 is 4.79 Å². The molecule has 0 saturated heterocycles. The van der Waals surface area contributed by atoms with Crippen LogP contribution < -0.4 is 10.7 Å². The van der Waals surface area contributed by atoms with E-state index in [-0.39, 0.29) is 22.9 Å². The summed E-state index contributed by atoms with van der Waals surface area (Å²) < 4.78 is 0. The lowest BCUT2D eigenvalue weighted by atomic mass is 9.97. The molecule has 1 aliphatic carbocycles. The van der Waals surface area contributed by atoms with E-state index in [1.54, 1.807) is 6.92 Å². The smallest absolute Gasteiger partial charge is 0.256 e. The van der Waals surface area contributed by atoms with Crippen LogP contribution in [0.4, 0.5) is 0 Å². The maximum atomic E-state index is 12.1. The molecule has 1 saturated carbocycles. The molecule has 2 N–H and O–H groups in total. The van der Waals surface area contributed by atoms with Crippen LogP contribution in [0.3, 0.4) is 0 Å². The van der Waals surface area contributed by atoms with E-state index in [2.05, 4.69) is 24.1 Å². The molecule has 4 nitrogen and oxygen atoms in total. The van der Waals surface area contributed by atoms with E-state index in [0.29, 0.717) is 11.8 Å². The molecule has 1 aromatic rings. The third-order valence-corrected chi connectivity index (χ3v) is 4.08. The highest BCUT2D eigenvalue weighted by Crippen LogP contribution is 2.31. The van der Waals surface area contributed by atoms with Crippen molar-refractivity contribution in [2.45, 2.75) is 39.7 Å². The summed E-state index contributed by atoms with van der Waals surface area (Å²) in [7, 11) is 0. The Hall–Kier alpha value is -1.58. The van der Waals surface area contributed by atoms with Gasteiger partial charge in [0, 0.05) is 24.0 Å². The quantitative estimate of drug-likeness (QED) is 0.839. The number of carbonyl (C=O) groups is 1. The molecule has 0 aromatic carbocycles. The summed E-state index contributed by atoms with van der Waals surface area (Å²) >= 11 is 0. The van der Waals surface area contributed by atoms with Crippen LogP contribution in [-0.2, 0) is 0 Å². The molecule has 3 atom stereocenters. The Kier molecular flexibility index (Phi) is 3.55. The lowest BCUT2D eigenvalue weighted by molar-refractivity contribution is 0.0926. The lowest BCUT2D eigenvalue weighted by Crippen LogP contribution is -2.39. The Morgan fingerprint density at radius 3 is 2.67 bits per heavy atom. The Morgan fingerprint density at radius 1 is 1.39 bits per heavy atom. The first-order valence-corrected chi connectivity index (χ1v) is 6.49. The number of hydrogen-bond acceptors (Lipinski definition) is 2. The average Bonchev–Trinajstić information content (AvgIpc) is 2.61. The molecule has 4 heteroatoms. The number of pyridine rings is 1. The zero-order valence-corrected chi connectivity index (χ0v) is 11.1. The van der Waals surface area contributed by atoms with Crippen molar-refractivity contribution in [2.24, 2.45) is 11.8 Å². The maximum Gasteiger partial charge on any atom is 0.256 e. The van der Waals surface area contributed by atoms with E-state index in [9.17, 15) is 9.59 Å². The molecule has 0 bridgehead atoms. The van der Waals surface area contributed by atoms with Gasteiger partial charge in [-0.25, -0.2) is 0 Å². The third-order valence-electron chi connectivity index (χ3n) is 4.08. The molecule has 0 aliphatic heterocycles. The molecule has 0 spiro atoms. The number of H-pyrrole nitrogens is 1.